The number of likely N-dealkylation sites (tertiary alicyclic amines) is 1. The summed E-state index contributed by atoms with van der Waals surface area (Å²) >= 11 is 0. The van der Waals surface area contributed by atoms with Crippen molar-refractivity contribution in [3.63, 3.8) is 0 Å². The van der Waals surface area contributed by atoms with Gasteiger partial charge in [-0.3, -0.25) is 9.59 Å². The number of nitrogens with one attached hydrogen (secondary N) is 1. The van der Waals surface area contributed by atoms with Crippen molar-refractivity contribution in [1.82, 2.24) is 4.90 Å². The van der Waals surface area contributed by atoms with Crippen molar-refractivity contribution in [2.75, 3.05) is 33.2 Å². The highest BCUT2D eigenvalue weighted by atomic mass is 16.5. The average Bonchev–Trinajstić information content (AvgIpc) is 3.23. The van der Waals surface area contributed by atoms with Crippen LogP contribution in [0, 0.1) is 11.8 Å². The zero-order valence-electron chi connectivity index (χ0n) is 17.8. The molecule has 0 bridgehead atoms. The normalized spacial score (nSPS) is 24.1. The molecule has 1 aromatic rings. The van der Waals surface area contributed by atoms with Gasteiger partial charge in [-0.05, 0) is 44.4 Å². The summed E-state index contributed by atoms with van der Waals surface area (Å²) in [4.78, 5) is 27.8. The molecule has 0 unspecified atom stereocenters. The molecule has 1 heterocycles. The monoisotopic (exact) mass is 404 g/mol. The van der Waals surface area contributed by atoms with Gasteiger partial charge in [0.05, 0.1) is 21.3 Å². The van der Waals surface area contributed by atoms with Crippen molar-refractivity contribution in [3.05, 3.63) is 12.1 Å². The number of carbonyl (C=O) groups is 2. The van der Waals surface area contributed by atoms with Gasteiger partial charge in [-0.1, -0.05) is 6.92 Å². The number of hydrogen-bond donors (Lipinski definition) is 1. The number of anilines is 1. The lowest BCUT2D eigenvalue weighted by molar-refractivity contribution is -0.141. The Kier molecular flexibility index (Phi) is 6.87. The zero-order chi connectivity index (χ0) is 21.0. The molecule has 1 saturated carbocycles. The molecule has 1 aromatic carbocycles. The molecule has 2 fully saturated rings. The summed E-state index contributed by atoms with van der Waals surface area (Å²) < 4.78 is 16.0. The van der Waals surface area contributed by atoms with E-state index in [0.717, 1.165) is 32.1 Å². The van der Waals surface area contributed by atoms with Crippen LogP contribution < -0.4 is 19.5 Å². The lowest BCUT2D eigenvalue weighted by Gasteiger charge is -2.31. The summed E-state index contributed by atoms with van der Waals surface area (Å²) in [6.45, 7) is 2.89. The lowest BCUT2D eigenvalue weighted by atomic mass is 9.82. The Balaban J connectivity index is 1.72. The van der Waals surface area contributed by atoms with E-state index in [1.54, 1.807) is 17.0 Å². The molecule has 160 valence electrons. The largest absolute Gasteiger partial charge is 0.493 e. The average molecular weight is 405 g/mol. The molecular weight excluding hydrogens is 372 g/mol. The molecular formula is C22H32N2O5. The van der Waals surface area contributed by atoms with Crippen LogP contribution >= 0.6 is 0 Å². The number of amides is 2. The molecule has 1 N–H and O–H groups in total. The van der Waals surface area contributed by atoms with E-state index in [1.807, 2.05) is 0 Å². The van der Waals surface area contributed by atoms with E-state index in [-0.39, 0.29) is 17.7 Å². The molecule has 3 rings (SSSR count). The van der Waals surface area contributed by atoms with E-state index in [2.05, 4.69) is 12.2 Å². The zero-order valence-corrected chi connectivity index (χ0v) is 17.8. The minimum atomic E-state index is -0.430. The van der Waals surface area contributed by atoms with Gasteiger partial charge in [0, 0.05) is 30.3 Å². The maximum absolute atomic E-state index is 13.0. The van der Waals surface area contributed by atoms with Gasteiger partial charge >= 0.3 is 0 Å². The molecule has 7 heteroatoms. The summed E-state index contributed by atoms with van der Waals surface area (Å²) in [6, 6.07) is 2.96. The minimum Gasteiger partial charge on any atom is -0.493 e. The second kappa shape index (κ2) is 9.37. The molecule has 0 spiro atoms. The van der Waals surface area contributed by atoms with Crippen molar-refractivity contribution in [2.24, 2.45) is 11.8 Å². The first-order valence-electron chi connectivity index (χ1n) is 10.4. The van der Waals surface area contributed by atoms with Crippen molar-refractivity contribution in [1.29, 1.82) is 0 Å². The van der Waals surface area contributed by atoms with E-state index >= 15 is 0 Å². The van der Waals surface area contributed by atoms with Crippen LogP contribution in [0.5, 0.6) is 17.2 Å². The summed E-state index contributed by atoms with van der Waals surface area (Å²) in [5.41, 5.74) is 0.551. The van der Waals surface area contributed by atoms with Gasteiger partial charge in [-0.2, -0.15) is 0 Å². The predicted octanol–water partition coefficient (Wildman–Crippen LogP) is 3.47. The Hall–Kier alpha value is -2.44. The third kappa shape index (κ3) is 4.60. The highest BCUT2D eigenvalue weighted by molar-refractivity contribution is 5.98. The van der Waals surface area contributed by atoms with Crippen LogP contribution in [0.2, 0.25) is 0 Å². The molecule has 0 aromatic heterocycles. The SMILES string of the molecule is COc1cc(NC(=O)[C@@H]2CCCN2C(=O)C2CCC(C)CC2)cc(OC)c1OC. The Labute approximate surface area is 172 Å². The summed E-state index contributed by atoms with van der Waals surface area (Å²) in [6.07, 6.45) is 5.57. The Morgan fingerprint density at radius 3 is 2.14 bits per heavy atom. The standard InChI is InChI=1S/C22H32N2O5/c1-14-7-9-15(10-8-14)22(26)24-11-5-6-17(24)21(25)23-16-12-18(27-2)20(29-4)19(13-16)28-3/h12-15,17H,5-11H2,1-4H3,(H,23,25)/t14?,15?,17-/m0/s1. The van der Waals surface area contributed by atoms with Gasteiger partial charge in [0.25, 0.3) is 0 Å². The number of carbonyl (C=O) groups excluding carboxylic acids is 2. The van der Waals surface area contributed by atoms with Crippen LogP contribution in [0.3, 0.4) is 0 Å². The van der Waals surface area contributed by atoms with Crippen LogP contribution in [0.4, 0.5) is 5.69 Å². The van der Waals surface area contributed by atoms with Gasteiger partial charge in [-0.25, -0.2) is 0 Å². The second-order valence-corrected chi connectivity index (χ2v) is 8.05. The quantitative estimate of drug-likeness (QED) is 0.786. The van der Waals surface area contributed by atoms with Gasteiger partial charge in [-0.15, -0.1) is 0 Å². The van der Waals surface area contributed by atoms with Gasteiger partial charge < -0.3 is 24.4 Å². The molecule has 29 heavy (non-hydrogen) atoms. The number of benzene rings is 1. The number of methoxy groups -OCH3 is 3. The maximum atomic E-state index is 13.0. The van der Waals surface area contributed by atoms with Crippen LogP contribution in [-0.4, -0.2) is 50.6 Å². The fourth-order valence-corrected chi connectivity index (χ4v) is 4.42. The highest BCUT2D eigenvalue weighted by Crippen LogP contribution is 2.40. The van der Waals surface area contributed by atoms with Gasteiger partial charge in [0.1, 0.15) is 6.04 Å². The van der Waals surface area contributed by atoms with Crippen molar-refractivity contribution < 1.29 is 23.8 Å². The van der Waals surface area contributed by atoms with E-state index < -0.39 is 6.04 Å². The first kappa shape index (κ1) is 21.3. The number of hydrogen-bond acceptors (Lipinski definition) is 5. The number of ether oxygens (including phenoxy) is 3. The van der Waals surface area contributed by atoms with Crippen LogP contribution in [0.15, 0.2) is 12.1 Å². The molecule has 1 aliphatic heterocycles. The van der Waals surface area contributed by atoms with Gasteiger partial charge in [0.2, 0.25) is 17.6 Å². The van der Waals surface area contributed by atoms with E-state index in [4.69, 9.17) is 14.2 Å². The minimum absolute atomic E-state index is 0.0563. The Bertz CT molecular complexity index is 718. The van der Waals surface area contributed by atoms with E-state index in [1.165, 1.54) is 21.3 Å². The number of nitrogens with zero attached hydrogens (tertiary/aromatic N) is 1. The van der Waals surface area contributed by atoms with E-state index in [0.29, 0.717) is 41.8 Å². The second-order valence-electron chi connectivity index (χ2n) is 8.05. The third-order valence-electron chi connectivity index (χ3n) is 6.14. The fraction of sp³-hybridized carbons (Fsp3) is 0.636. The van der Waals surface area contributed by atoms with Crippen LogP contribution in [-0.2, 0) is 9.59 Å². The smallest absolute Gasteiger partial charge is 0.247 e. The fourth-order valence-electron chi connectivity index (χ4n) is 4.42. The first-order valence-corrected chi connectivity index (χ1v) is 10.4. The third-order valence-corrected chi connectivity index (χ3v) is 6.14. The molecule has 2 aliphatic rings. The van der Waals surface area contributed by atoms with Crippen molar-refractivity contribution >= 4 is 17.5 Å². The van der Waals surface area contributed by atoms with Crippen molar-refractivity contribution in [3.8, 4) is 17.2 Å². The van der Waals surface area contributed by atoms with Crippen molar-refractivity contribution in [2.45, 2.75) is 51.5 Å². The molecule has 1 saturated heterocycles. The summed E-state index contributed by atoms with van der Waals surface area (Å²) in [5, 5.41) is 2.93. The predicted molar refractivity (Wildman–Crippen MR) is 111 cm³/mol. The van der Waals surface area contributed by atoms with E-state index in [9.17, 15) is 9.59 Å². The topological polar surface area (TPSA) is 77.1 Å². The molecule has 2 amide bonds. The number of rotatable bonds is 6. The maximum Gasteiger partial charge on any atom is 0.247 e. The highest BCUT2D eigenvalue weighted by Gasteiger charge is 2.38. The lowest BCUT2D eigenvalue weighted by Crippen LogP contribution is -2.46. The van der Waals surface area contributed by atoms with Crippen LogP contribution in [0.1, 0.15) is 45.4 Å². The molecule has 1 aliphatic carbocycles. The van der Waals surface area contributed by atoms with Crippen LogP contribution in [0.25, 0.3) is 0 Å². The molecule has 0 radical (unpaired) electrons. The Morgan fingerprint density at radius 1 is 0.966 bits per heavy atom. The Morgan fingerprint density at radius 2 is 1.59 bits per heavy atom. The first-order chi connectivity index (χ1) is 14.0. The van der Waals surface area contributed by atoms with Gasteiger partial charge in [0.15, 0.2) is 11.5 Å². The molecule has 1 atom stereocenters. The summed E-state index contributed by atoms with van der Waals surface area (Å²) in [5.74, 6) is 2.12. The summed E-state index contributed by atoms with van der Waals surface area (Å²) in [7, 11) is 4.60. The molecule has 7 nitrogen and oxygen atoms in total.